The maximum atomic E-state index is 11.7. The van der Waals surface area contributed by atoms with Gasteiger partial charge in [-0.15, -0.1) is 0 Å². The molecule has 1 amide bonds. The van der Waals surface area contributed by atoms with Crippen molar-refractivity contribution in [3.8, 4) is 0 Å². The van der Waals surface area contributed by atoms with Gasteiger partial charge in [0.05, 0.1) is 5.56 Å². The lowest BCUT2D eigenvalue weighted by Crippen LogP contribution is -2.32. The van der Waals surface area contributed by atoms with Gasteiger partial charge in [-0.2, -0.15) is 0 Å². The van der Waals surface area contributed by atoms with E-state index in [-0.39, 0.29) is 12.5 Å². The topological polar surface area (TPSA) is 46.6 Å². The van der Waals surface area contributed by atoms with Crippen molar-refractivity contribution in [2.45, 2.75) is 19.8 Å². The van der Waals surface area contributed by atoms with Crippen LogP contribution in [0.4, 0.5) is 0 Å². The van der Waals surface area contributed by atoms with Crippen LogP contribution in [-0.4, -0.2) is 36.5 Å². The molecule has 0 unspecified atom stereocenters. The normalized spacial score (nSPS) is 14.6. The summed E-state index contributed by atoms with van der Waals surface area (Å²) in [4.78, 5) is 25.2. The van der Waals surface area contributed by atoms with Gasteiger partial charge in [0.25, 0.3) is 5.91 Å². The highest BCUT2D eigenvalue weighted by molar-refractivity contribution is 5.91. The number of hydrogen-bond acceptors (Lipinski definition) is 3. The number of carbonyl (C=O) groups excluding carboxylic acids is 2. The Kier molecular flexibility index (Phi) is 3.97. The summed E-state index contributed by atoms with van der Waals surface area (Å²) in [5, 5.41) is 0. The minimum atomic E-state index is -0.439. The second-order valence-corrected chi connectivity index (χ2v) is 4.53. The predicted molar refractivity (Wildman–Crippen MR) is 67.3 cm³/mol. The van der Waals surface area contributed by atoms with Gasteiger partial charge < -0.3 is 9.64 Å². The fourth-order valence-corrected chi connectivity index (χ4v) is 2.04. The molecule has 0 saturated carbocycles. The number of likely N-dealkylation sites (tertiary alicyclic amines) is 1. The summed E-state index contributed by atoms with van der Waals surface area (Å²) in [5.41, 5.74) is 1.49. The minimum Gasteiger partial charge on any atom is -0.452 e. The third-order valence-corrected chi connectivity index (χ3v) is 3.04. The average Bonchev–Trinajstić information content (AvgIpc) is 2.89. The number of esters is 1. The van der Waals surface area contributed by atoms with E-state index in [0.717, 1.165) is 31.5 Å². The molecule has 1 aliphatic rings. The van der Waals surface area contributed by atoms with Crippen molar-refractivity contribution in [2.75, 3.05) is 19.7 Å². The first kappa shape index (κ1) is 12.6. The molecule has 0 spiro atoms. The first-order valence-corrected chi connectivity index (χ1v) is 6.18. The summed E-state index contributed by atoms with van der Waals surface area (Å²) in [7, 11) is 0. The maximum absolute atomic E-state index is 11.7. The highest BCUT2D eigenvalue weighted by Gasteiger charge is 2.19. The molecular weight excluding hydrogens is 230 g/mol. The van der Waals surface area contributed by atoms with Crippen LogP contribution in [0.25, 0.3) is 0 Å². The van der Waals surface area contributed by atoms with Crippen LogP contribution in [0.3, 0.4) is 0 Å². The van der Waals surface area contributed by atoms with Gasteiger partial charge in [-0.3, -0.25) is 4.79 Å². The van der Waals surface area contributed by atoms with Crippen LogP contribution in [0.5, 0.6) is 0 Å². The molecule has 0 radical (unpaired) electrons. The van der Waals surface area contributed by atoms with Gasteiger partial charge in [-0.1, -0.05) is 17.7 Å². The van der Waals surface area contributed by atoms with Gasteiger partial charge in [0.15, 0.2) is 6.61 Å². The van der Waals surface area contributed by atoms with Gasteiger partial charge in [0, 0.05) is 13.1 Å². The molecule has 1 saturated heterocycles. The largest absolute Gasteiger partial charge is 0.452 e. The first-order chi connectivity index (χ1) is 8.66. The SMILES string of the molecule is Cc1cccc(C(=O)OCC(=O)N2CCCC2)c1. The molecular formula is C14H17NO3. The molecule has 0 aromatic heterocycles. The van der Waals surface area contributed by atoms with E-state index in [0.29, 0.717) is 5.56 Å². The smallest absolute Gasteiger partial charge is 0.338 e. The van der Waals surface area contributed by atoms with Gasteiger partial charge in [-0.05, 0) is 31.9 Å². The monoisotopic (exact) mass is 247 g/mol. The molecule has 96 valence electrons. The molecule has 1 fully saturated rings. The van der Waals surface area contributed by atoms with Gasteiger partial charge in [-0.25, -0.2) is 4.79 Å². The fourth-order valence-electron chi connectivity index (χ4n) is 2.04. The standard InChI is InChI=1S/C14H17NO3/c1-11-5-4-6-12(9-11)14(17)18-10-13(16)15-7-2-3-8-15/h4-6,9H,2-3,7-8,10H2,1H3. The Labute approximate surface area is 107 Å². The second-order valence-electron chi connectivity index (χ2n) is 4.53. The molecule has 0 atom stereocenters. The van der Waals surface area contributed by atoms with Crippen LogP contribution >= 0.6 is 0 Å². The third-order valence-electron chi connectivity index (χ3n) is 3.04. The van der Waals surface area contributed by atoms with E-state index < -0.39 is 5.97 Å². The first-order valence-electron chi connectivity index (χ1n) is 6.18. The Hall–Kier alpha value is -1.84. The highest BCUT2D eigenvalue weighted by atomic mass is 16.5. The summed E-state index contributed by atoms with van der Waals surface area (Å²) in [6.45, 7) is 3.31. The van der Waals surface area contributed by atoms with E-state index in [4.69, 9.17) is 4.74 Å². The lowest BCUT2D eigenvalue weighted by molar-refractivity contribution is -0.133. The van der Waals surface area contributed by atoms with E-state index >= 15 is 0 Å². The molecule has 0 aliphatic carbocycles. The Morgan fingerprint density at radius 1 is 1.28 bits per heavy atom. The Balaban J connectivity index is 1.86. The average molecular weight is 247 g/mol. The molecule has 18 heavy (non-hydrogen) atoms. The molecule has 0 N–H and O–H groups in total. The number of amides is 1. The Bertz CT molecular complexity index is 450. The van der Waals surface area contributed by atoms with Crippen molar-refractivity contribution in [1.29, 1.82) is 0 Å². The zero-order chi connectivity index (χ0) is 13.0. The van der Waals surface area contributed by atoms with Crippen LogP contribution in [0.1, 0.15) is 28.8 Å². The molecule has 2 rings (SSSR count). The van der Waals surface area contributed by atoms with E-state index in [9.17, 15) is 9.59 Å². The van der Waals surface area contributed by atoms with Crippen molar-refractivity contribution < 1.29 is 14.3 Å². The molecule has 0 bridgehead atoms. The molecule has 1 heterocycles. The summed E-state index contributed by atoms with van der Waals surface area (Å²) in [6.07, 6.45) is 2.08. The lowest BCUT2D eigenvalue weighted by atomic mass is 10.1. The van der Waals surface area contributed by atoms with Crippen molar-refractivity contribution in [3.63, 3.8) is 0 Å². The predicted octanol–water partition coefficient (Wildman–Crippen LogP) is 1.77. The highest BCUT2D eigenvalue weighted by Crippen LogP contribution is 2.09. The number of nitrogens with zero attached hydrogens (tertiary/aromatic N) is 1. The molecule has 4 heteroatoms. The van der Waals surface area contributed by atoms with Crippen LogP contribution in [0, 0.1) is 6.92 Å². The van der Waals surface area contributed by atoms with Crippen LogP contribution in [0.2, 0.25) is 0 Å². The summed E-state index contributed by atoms with van der Waals surface area (Å²) >= 11 is 0. The van der Waals surface area contributed by atoms with E-state index in [1.165, 1.54) is 0 Å². The van der Waals surface area contributed by atoms with E-state index in [2.05, 4.69) is 0 Å². The van der Waals surface area contributed by atoms with Crippen molar-refractivity contribution in [1.82, 2.24) is 4.90 Å². The fraction of sp³-hybridized carbons (Fsp3) is 0.429. The summed E-state index contributed by atoms with van der Waals surface area (Å²) < 4.78 is 5.03. The van der Waals surface area contributed by atoms with Crippen molar-refractivity contribution >= 4 is 11.9 Å². The molecule has 1 aromatic carbocycles. The van der Waals surface area contributed by atoms with Gasteiger partial charge in [0.2, 0.25) is 0 Å². The van der Waals surface area contributed by atoms with Crippen LogP contribution in [0.15, 0.2) is 24.3 Å². The second kappa shape index (κ2) is 5.67. The number of ether oxygens (including phenoxy) is 1. The molecule has 1 aliphatic heterocycles. The lowest BCUT2D eigenvalue weighted by Gasteiger charge is -2.14. The number of aryl methyl sites for hydroxylation is 1. The zero-order valence-electron chi connectivity index (χ0n) is 10.5. The minimum absolute atomic E-state index is 0.103. The molecule has 4 nitrogen and oxygen atoms in total. The van der Waals surface area contributed by atoms with E-state index in [1.54, 1.807) is 23.1 Å². The number of carbonyl (C=O) groups is 2. The van der Waals surface area contributed by atoms with Gasteiger partial charge >= 0.3 is 5.97 Å². The Morgan fingerprint density at radius 2 is 2.00 bits per heavy atom. The molecule has 1 aromatic rings. The van der Waals surface area contributed by atoms with Crippen molar-refractivity contribution in [3.05, 3.63) is 35.4 Å². The third kappa shape index (κ3) is 3.09. The number of hydrogen-bond donors (Lipinski definition) is 0. The maximum Gasteiger partial charge on any atom is 0.338 e. The summed E-state index contributed by atoms with van der Waals surface area (Å²) in [5.74, 6) is -0.542. The number of benzene rings is 1. The Morgan fingerprint density at radius 3 is 2.67 bits per heavy atom. The van der Waals surface area contributed by atoms with Crippen molar-refractivity contribution in [2.24, 2.45) is 0 Å². The zero-order valence-corrected chi connectivity index (χ0v) is 10.5. The van der Waals surface area contributed by atoms with E-state index in [1.807, 2.05) is 13.0 Å². The van der Waals surface area contributed by atoms with Crippen LogP contribution in [-0.2, 0) is 9.53 Å². The quantitative estimate of drug-likeness (QED) is 0.765. The summed E-state index contributed by atoms with van der Waals surface area (Å²) in [6, 6.07) is 7.15. The van der Waals surface area contributed by atoms with Crippen LogP contribution < -0.4 is 0 Å². The number of rotatable bonds is 3. The van der Waals surface area contributed by atoms with Gasteiger partial charge in [0.1, 0.15) is 0 Å².